The van der Waals surface area contributed by atoms with E-state index in [0.717, 1.165) is 10.8 Å². The lowest BCUT2D eigenvalue weighted by atomic mass is 10.1. The van der Waals surface area contributed by atoms with Crippen molar-refractivity contribution in [3.8, 4) is 17.2 Å². The molecule has 0 aliphatic rings. The van der Waals surface area contributed by atoms with Crippen LogP contribution in [-0.4, -0.2) is 22.9 Å². The van der Waals surface area contributed by atoms with Gasteiger partial charge in [0.25, 0.3) is 0 Å². The fourth-order valence-electron chi connectivity index (χ4n) is 3.10. The van der Waals surface area contributed by atoms with E-state index >= 15 is 0 Å². The van der Waals surface area contributed by atoms with Crippen LogP contribution in [0.15, 0.2) is 71.5 Å². The van der Waals surface area contributed by atoms with Crippen molar-refractivity contribution in [2.75, 3.05) is 7.11 Å². The number of carbonyl (C=O) groups excluding carboxylic acids is 1. The Hall–Kier alpha value is -4.00. The first-order valence-corrected chi connectivity index (χ1v) is 9.12. The molecule has 0 unspecified atom stereocenters. The van der Waals surface area contributed by atoms with Gasteiger partial charge in [-0.2, -0.15) is 5.10 Å². The Morgan fingerprint density at radius 2 is 1.67 bits per heavy atom. The van der Waals surface area contributed by atoms with E-state index in [1.807, 2.05) is 18.2 Å². The monoisotopic (exact) mass is 404 g/mol. The number of carbonyl (C=O) groups is 1. The van der Waals surface area contributed by atoms with Crippen molar-refractivity contribution in [3.63, 3.8) is 0 Å². The van der Waals surface area contributed by atoms with Crippen molar-refractivity contribution in [2.24, 2.45) is 0 Å². The highest BCUT2D eigenvalue weighted by Crippen LogP contribution is 2.25. The predicted molar refractivity (Wildman–Crippen MR) is 110 cm³/mol. The van der Waals surface area contributed by atoms with Gasteiger partial charge in [-0.15, -0.1) is 0 Å². The number of methoxy groups -OCH3 is 1. The third-order valence-corrected chi connectivity index (χ3v) is 4.61. The van der Waals surface area contributed by atoms with Gasteiger partial charge in [0.15, 0.2) is 0 Å². The van der Waals surface area contributed by atoms with Crippen LogP contribution >= 0.6 is 0 Å². The highest BCUT2D eigenvalue weighted by molar-refractivity contribution is 5.90. The van der Waals surface area contributed by atoms with Crippen molar-refractivity contribution >= 4 is 16.7 Å². The van der Waals surface area contributed by atoms with Crippen molar-refractivity contribution in [1.29, 1.82) is 0 Å². The first kappa shape index (κ1) is 19.3. The van der Waals surface area contributed by atoms with Crippen LogP contribution < -0.4 is 14.9 Å². The summed E-state index contributed by atoms with van der Waals surface area (Å²) < 4.78 is 26.0. The minimum absolute atomic E-state index is 0.127. The second-order valence-electron chi connectivity index (χ2n) is 6.63. The van der Waals surface area contributed by atoms with Gasteiger partial charge in [0.2, 0.25) is 11.1 Å². The smallest absolute Gasteiger partial charge is 0.368 e. The van der Waals surface area contributed by atoms with Crippen LogP contribution in [-0.2, 0) is 0 Å². The third kappa shape index (κ3) is 3.65. The average molecular weight is 404 g/mol. The maximum absolute atomic E-state index is 14.2. The predicted octanol–water partition coefficient (Wildman–Crippen LogP) is 4.06. The number of hydrogen-bond acceptors (Lipinski definition) is 5. The number of ether oxygens (including phenoxy) is 2. The van der Waals surface area contributed by atoms with Crippen molar-refractivity contribution in [2.45, 2.75) is 6.92 Å². The van der Waals surface area contributed by atoms with Gasteiger partial charge in [-0.05, 0) is 54.1 Å². The van der Waals surface area contributed by atoms with Gasteiger partial charge in [-0.3, -0.25) is 4.79 Å². The first-order valence-electron chi connectivity index (χ1n) is 9.12. The molecule has 0 atom stereocenters. The van der Waals surface area contributed by atoms with E-state index < -0.39 is 22.9 Å². The molecule has 0 aliphatic heterocycles. The average Bonchev–Trinajstić information content (AvgIpc) is 2.74. The van der Waals surface area contributed by atoms with Gasteiger partial charge < -0.3 is 9.47 Å². The standard InChI is InChI=1S/C23H17FN2O4/c1-14-11-21(27)22(25-26(14)20-6-4-3-5-19(20)24)23(28)30-18-10-8-15-7-9-17(29-2)12-16(15)13-18/h3-13H,1-2H3. The summed E-state index contributed by atoms with van der Waals surface area (Å²) in [5.74, 6) is -0.536. The molecule has 6 nitrogen and oxygen atoms in total. The van der Waals surface area contributed by atoms with Crippen LogP contribution in [0, 0.1) is 12.7 Å². The van der Waals surface area contributed by atoms with E-state index in [1.165, 1.54) is 22.9 Å². The van der Waals surface area contributed by atoms with Crippen LogP contribution in [0.3, 0.4) is 0 Å². The molecule has 7 heteroatoms. The molecule has 3 aromatic carbocycles. The lowest BCUT2D eigenvalue weighted by molar-refractivity contribution is 0.0725. The summed E-state index contributed by atoms with van der Waals surface area (Å²) >= 11 is 0. The van der Waals surface area contributed by atoms with Gasteiger partial charge in [0, 0.05) is 11.8 Å². The molecule has 30 heavy (non-hydrogen) atoms. The van der Waals surface area contributed by atoms with E-state index in [1.54, 1.807) is 44.4 Å². The summed E-state index contributed by atoms with van der Waals surface area (Å²) in [6.45, 7) is 1.60. The Balaban J connectivity index is 1.70. The maximum atomic E-state index is 14.2. The van der Waals surface area contributed by atoms with Crippen LogP contribution in [0.4, 0.5) is 4.39 Å². The third-order valence-electron chi connectivity index (χ3n) is 4.61. The molecule has 0 saturated heterocycles. The van der Waals surface area contributed by atoms with Crippen LogP contribution in [0.1, 0.15) is 16.2 Å². The number of rotatable bonds is 4. The molecule has 0 saturated carbocycles. The normalized spacial score (nSPS) is 10.8. The molecule has 0 aliphatic carbocycles. The molecule has 1 heterocycles. The van der Waals surface area contributed by atoms with Gasteiger partial charge in [0.1, 0.15) is 23.0 Å². The molecular weight excluding hydrogens is 387 g/mol. The number of benzene rings is 3. The Morgan fingerprint density at radius 1 is 0.967 bits per heavy atom. The number of fused-ring (bicyclic) bond motifs is 1. The molecule has 1 aromatic heterocycles. The van der Waals surface area contributed by atoms with E-state index in [9.17, 15) is 14.0 Å². The topological polar surface area (TPSA) is 70.4 Å². The van der Waals surface area contributed by atoms with Crippen molar-refractivity contribution in [3.05, 3.63) is 94.2 Å². The summed E-state index contributed by atoms with van der Waals surface area (Å²) in [4.78, 5) is 25.0. The Labute approximate surface area is 171 Å². The Morgan fingerprint density at radius 3 is 2.40 bits per heavy atom. The number of halogens is 1. The van der Waals surface area contributed by atoms with Crippen LogP contribution in [0.2, 0.25) is 0 Å². The van der Waals surface area contributed by atoms with E-state index in [2.05, 4.69) is 5.10 Å². The van der Waals surface area contributed by atoms with Gasteiger partial charge in [-0.1, -0.05) is 24.3 Å². The van der Waals surface area contributed by atoms with E-state index in [4.69, 9.17) is 9.47 Å². The lowest BCUT2D eigenvalue weighted by Gasteiger charge is -2.12. The van der Waals surface area contributed by atoms with E-state index in [0.29, 0.717) is 11.4 Å². The SMILES string of the molecule is COc1ccc2ccc(OC(=O)c3nn(-c4ccccc4F)c(C)cc3=O)cc2c1. The highest BCUT2D eigenvalue weighted by atomic mass is 19.1. The quantitative estimate of drug-likeness (QED) is 0.379. The number of aromatic nitrogens is 2. The number of hydrogen-bond donors (Lipinski definition) is 0. The molecule has 0 amide bonds. The van der Waals surface area contributed by atoms with E-state index in [-0.39, 0.29) is 11.4 Å². The fraction of sp³-hybridized carbons (Fsp3) is 0.0870. The zero-order valence-corrected chi connectivity index (χ0v) is 16.3. The summed E-state index contributed by atoms with van der Waals surface area (Å²) in [6, 6.07) is 17.8. The van der Waals surface area contributed by atoms with Crippen LogP contribution in [0.5, 0.6) is 11.5 Å². The zero-order valence-electron chi connectivity index (χ0n) is 16.3. The molecule has 4 rings (SSSR count). The summed E-state index contributed by atoms with van der Waals surface area (Å²) in [5.41, 5.74) is -0.525. The van der Waals surface area contributed by atoms with Gasteiger partial charge in [-0.25, -0.2) is 13.9 Å². The zero-order chi connectivity index (χ0) is 21.3. The Bertz CT molecular complexity index is 1330. The summed E-state index contributed by atoms with van der Waals surface area (Å²) in [7, 11) is 1.56. The minimum Gasteiger partial charge on any atom is -0.497 e. The molecule has 150 valence electrons. The lowest BCUT2D eigenvalue weighted by Crippen LogP contribution is -2.26. The molecule has 0 N–H and O–H groups in total. The molecule has 0 fully saturated rings. The fourth-order valence-corrected chi connectivity index (χ4v) is 3.10. The molecule has 0 radical (unpaired) electrons. The number of aryl methyl sites for hydroxylation is 1. The molecular formula is C23H17FN2O4. The molecule has 0 bridgehead atoms. The van der Waals surface area contributed by atoms with Gasteiger partial charge >= 0.3 is 5.97 Å². The first-order chi connectivity index (χ1) is 14.5. The summed E-state index contributed by atoms with van der Waals surface area (Å²) in [6.07, 6.45) is 0. The molecule has 4 aromatic rings. The highest BCUT2D eigenvalue weighted by Gasteiger charge is 2.19. The Kier molecular flexibility index (Phi) is 5.02. The largest absolute Gasteiger partial charge is 0.497 e. The molecule has 0 spiro atoms. The summed E-state index contributed by atoms with van der Waals surface area (Å²) in [5, 5.41) is 5.80. The number of nitrogens with zero attached hydrogens (tertiary/aromatic N) is 2. The van der Waals surface area contributed by atoms with Crippen LogP contribution in [0.25, 0.3) is 16.5 Å². The number of para-hydroxylation sites is 1. The maximum Gasteiger partial charge on any atom is 0.368 e. The van der Waals surface area contributed by atoms with Gasteiger partial charge in [0.05, 0.1) is 7.11 Å². The second-order valence-corrected chi connectivity index (χ2v) is 6.63. The minimum atomic E-state index is -0.924. The second kappa shape index (κ2) is 7.79. The number of esters is 1. The van der Waals surface area contributed by atoms with Crippen molar-refractivity contribution < 1.29 is 18.7 Å². The van der Waals surface area contributed by atoms with Crippen molar-refractivity contribution in [1.82, 2.24) is 9.78 Å².